The third-order valence-corrected chi connectivity index (χ3v) is 6.10. The topological polar surface area (TPSA) is 105 Å². The number of Topliss-reactive ketones (excluding diaryl/α,β-unsaturated/α-hetero) is 1. The number of carboxylic acid groups (broad SMARTS) is 1. The Morgan fingerprint density at radius 1 is 1.03 bits per heavy atom. The molecule has 4 rings (SSSR count). The number of ketones is 1. The lowest BCUT2D eigenvalue weighted by Crippen LogP contribution is -2.33. The average molecular weight is 512 g/mol. The van der Waals surface area contributed by atoms with Crippen molar-refractivity contribution in [1.82, 2.24) is 4.90 Å². The molecule has 2 heterocycles. The maximum Gasteiger partial charge on any atom is 0.336 e. The molecule has 2 amide bonds. The van der Waals surface area contributed by atoms with Crippen LogP contribution in [0.2, 0.25) is 0 Å². The van der Waals surface area contributed by atoms with Gasteiger partial charge in [0.05, 0.1) is 17.0 Å². The fraction of sp³-hybridized carbons (Fsp3) is 0.0435. The lowest BCUT2D eigenvalue weighted by Gasteiger charge is -2.11. The molecule has 1 fully saturated rings. The van der Waals surface area contributed by atoms with E-state index in [1.807, 2.05) is 0 Å². The van der Waals surface area contributed by atoms with E-state index in [1.165, 1.54) is 12.1 Å². The maximum atomic E-state index is 12.7. The number of aromatic carboxylic acids is 1. The third-order valence-electron chi connectivity index (χ3n) is 4.66. The molecule has 0 saturated carbocycles. The number of halogens is 1. The Morgan fingerprint density at radius 2 is 1.75 bits per heavy atom. The second-order valence-corrected chi connectivity index (χ2v) is 8.66. The minimum atomic E-state index is -1.09. The number of imide groups is 1. The second kappa shape index (κ2) is 8.97. The predicted octanol–water partition coefficient (Wildman–Crippen LogP) is 5.33. The molecule has 1 aromatic heterocycles. The second-order valence-electron chi connectivity index (χ2n) is 6.75. The summed E-state index contributed by atoms with van der Waals surface area (Å²) >= 11 is 4.00. The Labute approximate surface area is 194 Å². The van der Waals surface area contributed by atoms with Crippen LogP contribution in [0.1, 0.15) is 26.5 Å². The van der Waals surface area contributed by atoms with Crippen molar-refractivity contribution in [2.45, 2.75) is 0 Å². The molecule has 1 aliphatic heterocycles. The number of benzene rings is 2. The van der Waals surface area contributed by atoms with E-state index in [-0.39, 0.29) is 28.6 Å². The van der Waals surface area contributed by atoms with Crippen molar-refractivity contribution >= 4 is 56.7 Å². The zero-order valence-electron chi connectivity index (χ0n) is 16.3. The quantitative estimate of drug-likeness (QED) is 0.352. The Bertz CT molecular complexity index is 1280. The molecular weight excluding hydrogens is 498 g/mol. The first kappa shape index (κ1) is 21.8. The van der Waals surface area contributed by atoms with Crippen LogP contribution in [0.15, 0.2) is 74.5 Å². The highest BCUT2D eigenvalue weighted by Gasteiger charge is 2.36. The molecule has 7 nitrogen and oxygen atoms in total. The van der Waals surface area contributed by atoms with Crippen LogP contribution in [0.25, 0.3) is 17.4 Å². The smallest absolute Gasteiger partial charge is 0.336 e. The van der Waals surface area contributed by atoms with Crippen LogP contribution in [-0.2, 0) is 4.79 Å². The number of rotatable bonds is 6. The van der Waals surface area contributed by atoms with Crippen molar-refractivity contribution in [3.63, 3.8) is 0 Å². The normalized spacial score (nSPS) is 14.9. The largest absolute Gasteiger partial charge is 0.478 e. The van der Waals surface area contributed by atoms with Crippen LogP contribution >= 0.6 is 27.7 Å². The average Bonchev–Trinajstić information content (AvgIpc) is 3.34. The number of carbonyl (C=O) groups excluding carboxylic acids is 3. The number of furan rings is 1. The Hall–Kier alpha value is -3.43. The number of thioether (sulfide) groups is 1. The molecule has 1 aliphatic rings. The summed E-state index contributed by atoms with van der Waals surface area (Å²) in [4.78, 5) is 49.9. The highest BCUT2D eigenvalue weighted by Crippen LogP contribution is 2.34. The van der Waals surface area contributed by atoms with E-state index in [2.05, 4.69) is 15.9 Å². The highest BCUT2D eigenvalue weighted by atomic mass is 79.9. The van der Waals surface area contributed by atoms with Crippen LogP contribution in [0.3, 0.4) is 0 Å². The summed E-state index contributed by atoms with van der Waals surface area (Å²) in [5.41, 5.74) is 0.872. The molecule has 32 heavy (non-hydrogen) atoms. The van der Waals surface area contributed by atoms with Gasteiger partial charge in [0, 0.05) is 21.7 Å². The molecule has 0 atom stereocenters. The summed E-state index contributed by atoms with van der Waals surface area (Å²) < 4.78 is 6.51. The van der Waals surface area contributed by atoms with Crippen LogP contribution in [0, 0.1) is 0 Å². The maximum absolute atomic E-state index is 12.7. The van der Waals surface area contributed by atoms with Crippen LogP contribution < -0.4 is 0 Å². The van der Waals surface area contributed by atoms with Crippen molar-refractivity contribution < 1.29 is 28.7 Å². The summed E-state index contributed by atoms with van der Waals surface area (Å²) in [5, 5.41) is 8.80. The van der Waals surface area contributed by atoms with Gasteiger partial charge in [-0.05, 0) is 42.1 Å². The van der Waals surface area contributed by atoms with E-state index in [1.54, 1.807) is 54.6 Å². The van der Waals surface area contributed by atoms with E-state index in [0.29, 0.717) is 28.6 Å². The number of carbonyl (C=O) groups is 4. The number of hydrogen-bond acceptors (Lipinski definition) is 6. The molecule has 1 N–H and O–H groups in total. The predicted molar refractivity (Wildman–Crippen MR) is 122 cm³/mol. The summed E-state index contributed by atoms with van der Waals surface area (Å²) in [6.45, 7) is -0.362. The first-order chi connectivity index (χ1) is 15.3. The zero-order chi connectivity index (χ0) is 22.8. The molecule has 0 bridgehead atoms. The van der Waals surface area contributed by atoms with Gasteiger partial charge in [0.1, 0.15) is 11.5 Å². The standard InChI is InChI=1S/C23H14BrNO6S/c24-14-7-5-13(6-8-14)18(26)12-25-21(27)20(32-23(25)30)11-15-9-10-19(31-15)16-3-1-2-4-17(16)22(28)29/h1-11H,12H2,(H,28,29)/b20-11-. The Balaban J connectivity index is 1.53. The number of amides is 2. The van der Waals surface area contributed by atoms with E-state index >= 15 is 0 Å². The monoisotopic (exact) mass is 511 g/mol. The van der Waals surface area contributed by atoms with Gasteiger partial charge in [-0.15, -0.1) is 0 Å². The molecule has 0 spiro atoms. The molecule has 2 aromatic carbocycles. The minimum absolute atomic E-state index is 0.0835. The van der Waals surface area contributed by atoms with E-state index < -0.39 is 17.1 Å². The van der Waals surface area contributed by atoms with E-state index in [4.69, 9.17) is 4.42 Å². The molecule has 1 saturated heterocycles. The minimum Gasteiger partial charge on any atom is -0.478 e. The number of nitrogens with zero attached hydrogens (tertiary/aromatic N) is 1. The lowest BCUT2D eigenvalue weighted by molar-refractivity contribution is -0.122. The van der Waals surface area contributed by atoms with Crippen molar-refractivity contribution in [3.8, 4) is 11.3 Å². The van der Waals surface area contributed by atoms with E-state index in [0.717, 1.165) is 9.37 Å². The molecule has 160 valence electrons. The van der Waals surface area contributed by atoms with Gasteiger partial charge in [0.25, 0.3) is 11.1 Å². The summed E-state index contributed by atoms with van der Waals surface area (Å²) in [5.74, 6) is -1.43. The zero-order valence-corrected chi connectivity index (χ0v) is 18.7. The van der Waals surface area contributed by atoms with Crippen LogP contribution in [0.4, 0.5) is 4.79 Å². The van der Waals surface area contributed by atoms with Crippen molar-refractivity contribution in [2.24, 2.45) is 0 Å². The van der Waals surface area contributed by atoms with Crippen molar-refractivity contribution in [2.75, 3.05) is 6.54 Å². The van der Waals surface area contributed by atoms with E-state index in [9.17, 15) is 24.3 Å². The number of hydrogen-bond donors (Lipinski definition) is 1. The van der Waals surface area contributed by atoms with Gasteiger partial charge in [-0.3, -0.25) is 19.3 Å². The summed E-state index contributed by atoms with van der Waals surface area (Å²) in [7, 11) is 0. The van der Waals surface area contributed by atoms with Gasteiger partial charge in [-0.2, -0.15) is 0 Å². The molecule has 0 aliphatic carbocycles. The molecule has 9 heteroatoms. The molecular formula is C23H14BrNO6S. The first-order valence-electron chi connectivity index (χ1n) is 9.30. The lowest BCUT2D eigenvalue weighted by atomic mass is 10.1. The molecule has 0 unspecified atom stereocenters. The van der Waals surface area contributed by atoms with Crippen molar-refractivity contribution in [3.05, 3.63) is 86.9 Å². The highest BCUT2D eigenvalue weighted by molar-refractivity contribution is 9.10. The molecule has 3 aromatic rings. The van der Waals surface area contributed by atoms with Gasteiger partial charge in [0.15, 0.2) is 5.78 Å². The summed E-state index contributed by atoms with van der Waals surface area (Å²) in [6, 6.07) is 16.2. The van der Waals surface area contributed by atoms with Crippen LogP contribution in [0.5, 0.6) is 0 Å². The Kier molecular flexibility index (Phi) is 6.11. The Morgan fingerprint density at radius 3 is 2.47 bits per heavy atom. The molecule has 0 radical (unpaired) electrons. The van der Waals surface area contributed by atoms with Gasteiger partial charge in [-0.1, -0.05) is 46.3 Å². The summed E-state index contributed by atoms with van der Waals surface area (Å²) in [6.07, 6.45) is 1.40. The fourth-order valence-electron chi connectivity index (χ4n) is 3.10. The fourth-order valence-corrected chi connectivity index (χ4v) is 4.18. The third kappa shape index (κ3) is 4.44. The number of carboxylic acids is 1. The van der Waals surface area contributed by atoms with Gasteiger partial charge in [0.2, 0.25) is 0 Å². The van der Waals surface area contributed by atoms with Gasteiger partial charge in [-0.25, -0.2) is 4.79 Å². The van der Waals surface area contributed by atoms with Crippen molar-refractivity contribution in [1.29, 1.82) is 0 Å². The SMILES string of the molecule is O=C(CN1C(=O)S/C(=C\c2ccc(-c3ccccc3C(=O)O)o2)C1=O)c1ccc(Br)cc1. The van der Waals surface area contributed by atoms with Gasteiger partial charge >= 0.3 is 5.97 Å². The van der Waals surface area contributed by atoms with Crippen LogP contribution in [-0.4, -0.2) is 39.5 Å². The first-order valence-corrected chi connectivity index (χ1v) is 10.9. The van der Waals surface area contributed by atoms with Gasteiger partial charge < -0.3 is 9.52 Å².